The highest BCUT2D eigenvalue weighted by Crippen LogP contribution is 2.34. The SMILES string of the molecule is CC(C)CCNC(=O)[C@H](c1ccc(Cl)cc1)N(C(=O)c1snc(C(N)=O)c1N)c1ccccc1F. The molecule has 3 amide bonds. The van der Waals surface area contributed by atoms with E-state index in [1.807, 2.05) is 13.8 Å². The van der Waals surface area contributed by atoms with Gasteiger partial charge in [0.25, 0.3) is 11.8 Å². The number of aromatic nitrogens is 1. The molecule has 3 rings (SSSR count). The summed E-state index contributed by atoms with van der Waals surface area (Å²) >= 11 is 6.69. The minimum atomic E-state index is -1.28. The van der Waals surface area contributed by atoms with Crippen LogP contribution >= 0.6 is 23.1 Å². The summed E-state index contributed by atoms with van der Waals surface area (Å²) in [6.07, 6.45) is 0.705. The third-order valence-corrected chi connectivity index (χ3v) is 6.30. The number of amides is 3. The van der Waals surface area contributed by atoms with Crippen LogP contribution in [0.1, 0.15) is 52.0 Å². The molecule has 0 saturated heterocycles. The van der Waals surface area contributed by atoms with Crippen molar-refractivity contribution >= 4 is 52.2 Å². The lowest BCUT2D eigenvalue weighted by Crippen LogP contribution is -2.44. The van der Waals surface area contributed by atoms with Crippen molar-refractivity contribution in [1.29, 1.82) is 0 Å². The summed E-state index contributed by atoms with van der Waals surface area (Å²) in [6.45, 7) is 4.39. The molecule has 35 heavy (non-hydrogen) atoms. The molecular formula is C24H25ClFN5O3S. The van der Waals surface area contributed by atoms with E-state index in [1.54, 1.807) is 30.3 Å². The molecule has 1 aromatic heterocycles. The largest absolute Gasteiger partial charge is 0.395 e. The first-order valence-electron chi connectivity index (χ1n) is 10.8. The molecule has 0 aliphatic heterocycles. The molecule has 8 nitrogen and oxygen atoms in total. The monoisotopic (exact) mass is 517 g/mol. The number of nitrogen functional groups attached to an aromatic ring is 1. The summed E-state index contributed by atoms with van der Waals surface area (Å²) in [4.78, 5) is 39.8. The maximum atomic E-state index is 15.0. The highest BCUT2D eigenvalue weighted by molar-refractivity contribution is 7.09. The molecule has 0 unspecified atom stereocenters. The first kappa shape index (κ1) is 26.1. The zero-order valence-corrected chi connectivity index (χ0v) is 20.7. The summed E-state index contributed by atoms with van der Waals surface area (Å²) in [5.74, 6) is -2.64. The second-order valence-corrected chi connectivity index (χ2v) is 9.40. The van der Waals surface area contributed by atoms with Crippen LogP contribution in [0.25, 0.3) is 0 Å². The summed E-state index contributed by atoms with van der Waals surface area (Å²) in [6, 6.07) is 10.6. The number of nitrogens with zero attached hydrogens (tertiary/aromatic N) is 2. The molecule has 2 aromatic carbocycles. The molecule has 1 heterocycles. The quantitative estimate of drug-likeness (QED) is 0.392. The van der Waals surface area contributed by atoms with Gasteiger partial charge in [-0.15, -0.1) is 0 Å². The van der Waals surface area contributed by atoms with Gasteiger partial charge in [-0.05, 0) is 53.7 Å². The Morgan fingerprint density at radius 3 is 2.37 bits per heavy atom. The first-order valence-corrected chi connectivity index (χ1v) is 11.9. The molecule has 184 valence electrons. The summed E-state index contributed by atoms with van der Waals surface area (Å²) in [5, 5.41) is 3.26. The Morgan fingerprint density at radius 1 is 1.14 bits per heavy atom. The molecule has 1 atom stereocenters. The lowest BCUT2D eigenvalue weighted by Gasteiger charge is -2.31. The smallest absolute Gasteiger partial charge is 0.273 e. The van der Waals surface area contributed by atoms with Crippen LogP contribution in [0.4, 0.5) is 15.8 Å². The van der Waals surface area contributed by atoms with Gasteiger partial charge in [0, 0.05) is 11.6 Å². The lowest BCUT2D eigenvalue weighted by molar-refractivity contribution is -0.122. The Labute approximate surface area is 211 Å². The van der Waals surface area contributed by atoms with Crippen molar-refractivity contribution in [2.45, 2.75) is 26.3 Å². The number of primary amides is 1. The van der Waals surface area contributed by atoms with Crippen LogP contribution in [0.2, 0.25) is 5.02 Å². The number of nitrogens with one attached hydrogen (secondary N) is 1. The van der Waals surface area contributed by atoms with Gasteiger partial charge in [0.2, 0.25) is 5.91 Å². The number of carbonyl (C=O) groups excluding carboxylic acids is 3. The van der Waals surface area contributed by atoms with Crippen LogP contribution in [0, 0.1) is 11.7 Å². The maximum Gasteiger partial charge on any atom is 0.273 e. The number of benzene rings is 2. The standard InChI is InChI=1S/C24H25ClFN5O3S/c1-13(2)11-12-29-23(33)20(14-7-9-15(25)10-8-14)31(17-6-4-3-5-16(17)26)24(34)21-18(27)19(22(28)32)30-35-21/h3-10,13,20H,11-12,27H2,1-2H3,(H2,28,32)(H,29,33)/t20-/m0/s1. The minimum Gasteiger partial charge on any atom is -0.395 e. The van der Waals surface area contributed by atoms with E-state index >= 15 is 4.39 Å². The van der Waals surface area contributed by atoms with E-state index in [1.165, 1.54) is 18.2 Å². The van der Waals surface area contributed by atoms with Crippen molar-refractivity contribution < 1.29 is 18.8 Å². The molecule has 0 radical (unpaired) electrons. The highest BCUT2D eigenvalue weighted by atomic mass is 35.5. The van der Waals surface area contributed by atoms with Crippen molar-refractivity contribution in [3.63, 3.8) is 0 Å². The van der Waals surface area contributed by atoms with Crippen LogP contribution in [-0.2, 0) is 4.79 Å². The molecule has 0 saturated carbocycles. The summed E-state index contributed by atoms with van der Waals surface area (Å²) in [5.41, 5.74) is 11.0. The van der Waals surface area contributed by atoms with Crippen molar-refractivity contribution in [1.82, 2.24) is 9.69 Å². The van der Waals surface area contributed by atoms with E-state index in [0.717, 1.165) is 4.90 Å². The number of carbonyl (C=O) groups is 3. The molecule has 0 fully saturated rings. The summed E-state index contributed by atoms with van der Waals surface area (Å²) < 4.78 is 18.9. The van der Waals surface area contributed by atoms with Crippen LogP contribution in [0.15, 0.2) is 48.5 Å². The number of rotatable bonds is 9. The fourth-order valence-electron chi connectivity index (χ4n) is 3.39. The van der Waals surface area contributed by atoms with Gasteiger partial charge in [0.1, 0.15) is 16.7 Å². The third kappa shape index (κ3) is 5.95. The molecule has 11 heteroatoms. The maximum absolute atomic E-state index is 15.0. The Morgan fingerprint density at radius 2 is 1.80 bits per heavy atom. The minimum absolute atomic E-state index is 0.143. The molecule has 0 spiro atoms. The number of halogens is 2. The van der Waals surface area contributed by atoms with Gasteiger partial charge >= 0.3 is 0 Å². The van der Waals surface area contributed by atoms with Crippen LogP contribution < -0.4 is 21.7 Å². The van der Waals surface area contributed by atoms with Gasteiger partial charge in [0.15, 0.2) is 5.69 Å². The van der Waals surface area contributed by atoms with E-state index in [0.29, 0.717) is 41.0 Å². The molecule has 0 aliphatic rings. The molecule has 0 aliphatic carbocycles. The van der Waals surface area contributed by atoms with Gasteiger partial charge in [-0.1, -0.05) is 49.7 Å². The first-order chi connectivity index (χ1) is 16.6. The zero-order valence-electron chi connectivity index (χ0n) is 19.1. The average molecular weight is 518 g/mol. The number of nitrogens with two attached hydrogens (primary N) is 2. The highest BCUT2D eigenvalue weighted by Gasteiger charge is 2.37. The topological polar surface area (TPSA) is 131 Å². The average Bonchev–Trinajstić information content (AvgIpc) is 3.20. The van der Waals surface area contributed by atoms with Crippen LogP contribution in [-0.4, -0.2) is 28.6 Å². The number of anilines is 2. The van der Waals surface area contributed by atoms with E-state index < -0.39 is 29.6 Å². The van der Waals surface area contributed by atoms with Crippen molar-refractivity contribution in [3.8, 4) is 0 Å². The Bertz CT molecular complexity index is 1230. The van der Waals surface area contributed by atoms with Gasteiger partial charge in [0.05, 0.1) is 11.4 Å². The molecule has 5 N–H and O–H groups in total. The molecule has 0 bridgehead atoms. The predicted octanol–water partition coefficient (Wildman–Crippen LogP) is 4.17. The van der Waals surface area contributed by atoms with Gasteiger partial charge in [-0.2, -0.15) is 4.37 Å². The number of hydrogen-bond acceptors (Lipinski definition) is 6. The van der Waals surface area contributed by atoms with E-state index in [-0.39, 0.29) is 21.9 Å². The van der Waals surface area contributed by atoms with Gasteiger partial charge < -0.3 is 16.8 Å². The zero-order chi connectivity index (χ0) is 25.7. The van der Waals surface area contributed by atoms with Crippen molar-refractivity contribution in [3.05, 3.63) is 75.5 Å². The van der Waals surface area contributed by atoms with Gasteiger partial charge in [-0.3, -0.25) is 19.3 Å². The normalized spacial score (nSPS) is 11.8. The lowest BCUT2D eigenvalue weighted by atomic mass is 10.0. The van der Waals surface area contributed by atoms with Crippen molar-refractivity contribution in [2.75, 3.05) is 17.2 Å². The Hall–Kier alpha value is -3.50. The Kier molecular flexibility index (Phi) is 8.42. The second kappa shape index (κ2) is 11.3. The fraction of sp³-hybridized carbons (Fsp3) is 0.250. The molecule has 3 aromatic rings. The number of para-hydroxylation sites is 1. The molecular weight excluding hydrogens is 493 g/mol. The second-order valence-electron chi connectivity index (χ2n) is 8.19. The van der Waals surface area contributed by atoms with Gasteiger partial charge in [-0.25, -0.2) is 4.39 Å². The van der Waals surface area contributed by atoms with Crippen LogP contribution in [0.3, 0.4) is 0 Å². The summed E-state index contributed by atoms with van der Waals surface area (Å²) in [7, 11) is 0. The third-order valence-electron chi connectivity index (χ3n) is 5.20. The van der Waals surface area contributed by atoms with E-state index in [2.05, 4.69) is 9.69 Å². The number of hydrogen-bond donors (Lipinski definition) is 3. The predicted molar refractivity (Wildman–Crippen MR) is 135 cm³/mol. The van der Waals surface area contributed by atoms with E-state index in [4.69, 9.17) is 23.1 Å². The fourth-order valence-corrected chi connectivity index (χ4v) is 4.26. The Balaban J connectivity index is 2.17. The van der Waals surface area contributed by atoms with Crippen molar-refractivity contribution in [2.24, 2.45) is 11.7 Å². The van der Waals surface area contributed by atoms with Crippen LogP contribution in [0.5, 0.6) is 0 Å². The van der Waals surface area contributed by atoms with E-state index in [9.17, 15) is 14.4 Å².